The smallest absolute Gasteiger partial charge is 0.244 e. The Balaban J connectivity index is 1.91. The first-order chi connectivity index (χ1) is 13.4. The summed E-state index contributed by atoms with van der Waals surface area (Å²) >= 11 is 0. The second-order valence-electron chi connectivity index (χ2n) is 8.35. The number of carbonyl (C=O) groups is 2. The summed E-state index contributed by atoms with van der Waals surface area (Å²) in [5, 5.41) is 2.71. The van der Waals surface area contributed by atoms with Crippen molar-refractivity contribution in [3.05, 3.63) is 23.3 Å². The molecule has 1 atom stereocenters. The van der Waals surface area contributed by atoms with E-state index in [1.807, 2.05) is 34.6 Å². The number of hydrogen-bond donors (Lipinski definition) is 2. The molecule has 0 radical (unpaired) electrons. The summed E-state index contributed by atoms with van der Waals surface area (Å²) in [5.74, 6) is -0.428. The first kappa shape index (κ1) is 23.2. The standard InChI is InChI=1S/C20H31N3O5S/c1-13-9-16(28-6)17(10-14(13)2)29(26,27)22-8-7-21-19(25)15-11-18(24)23(12-15)20(3,4)5/h9-10,15,22H,7-8,11-12H2,1-6H3,(H,21,25). The number of hydrogen-bond acceptors (Lipinski definition) is 5. The van der Waals surface area contributed by atoms with Gasteiger partial charge in [-0.25, -0.2) is 13.1 Å². The molecule has 2 amide bonds. The van der Waals surface area contributed by atoms with Crippen molar-refractivity contribution in [2.45, 2.75) is 51.5 Å². The molecule has 1 aromatic carbocycles. The summed E-state index contributed by atoms with van der Waals surface area (Å²) in [7, 11) is -2.36. The normalized spacial score (nSPS) is 17.5. The van der Waals surface area contributed by atoms with Gasteiger partial charge in [-0.2, -0.15) is 0 Å². The number of sulfonamides is 1. The monoisotopic (exact) mass is 425 g/mol. The number of rotatable bonds is 7. The van der Waals surface area contributed by atoms with E-state index in [4.69, 9.17) is 4.74 Å². The highest BCUT2D eigenvalue weighted by Crippen LogP contribution is 2.27. The predicted octanol–water partition coefficient (Wildman–Crippen LogP) is 1.35. The van der Waals surface area contributed by atoms with Crippen molar-refractivity contribution in [3.8, 4) is 5.75 Å². The highest BCUT2D eigenvalue weighted by molar-refractivity contribution is 7.89. The van der Waals surface area contributed by atoms with Crippen LogP contribution in [0.1, 0.15) is 38.3 Å². The van der Waals surface area contributed by atoms with Gasteiger partial charge in [-0.05, 0) is 57.9 Å². The summed E-state index contributed by atoms with van der Waals surface area (Å²) < 4.78 is 32.9. The number of benzene rings is 1. The van der Waals surface area contributed by atoms with Crippen molar-refractivity contribution < 1.29 is 22.7 Å². The summed E-state index contributed by atoms with van der Waals surface area (Å²) in [6.07, 6.45) is 0.175. The maximum Gasteiger partial charge on any atom is 0.244 e. The van der Waals surface area contributed by atoms with Crippen molar-refractivity contribution in [1.29, 1.82) is 0 Å². The largest absolute Gasteiger partial charge is 0.495 e. The van der Waals surface area contributed by atoms with Crippen molar-refractivity contribution in [2.24, 2.45) is 5.92 Å². The first-order valence-electron chi connectivity index (χ1n) is 9.60. The summed E-state index contributed by atoms with van der Waals surface area (Å²) in [6.45, 7) is 10.0. The van der Waals surface area contributed by atoms with Crippen molar-refractivity contribution in [2.75, 3.05) is 26.7 Å². The molecule has 1 unspecified atom stereocenters. The molecule has 8 nitrogen and oxygen atoms in total. The summed E-state index contributed by atoms with van der Waals surface area (Å²) in [4.78, 5) is 26.2. The lowest BCUT2D eigenvalue weighted by atomic mass is 10.1. The highest BCUT2D eigenvalue weighted by Gasteiger charge is 2.39. The van der Waals surface area contributed by atoms with Crippen LogP contribution in [0.2, 0.25) is 0 Å². The van der Waals surface area contributed by atoms with Crippen molar-refractivity contribution in [1.82, 2.24) is 14.9 Å². The van der Waals surface area contributed by atoms with Crippen LogP contribution in [-0.2, 0) is 19.6 Å². The van der Waals surface area contributed by atoms with Gasteiger partial charge in [-0.15, -0.1) is 0 Å². The predicted molar refractivity (Wildman–Crippen MR) is 110 cm³/mol. The molecule has 0 spiro atoms. The number of likely N-dealkylation sites (tertiary alicyclic amines) is 1. The van der Waals surface area contributed by atoms with E-state index < -0.39 is 15.9 Å². The van der Waals surface area contributed by atoms with Crippen LogP contribution < -0.4 is 14.8 Å². The lowest BCUT2D eigenvalue weighted by molar-refractivity contribution is -0.132. The Kier molecular flexibility index (Phi) is 6.95. The SMILES string of the molecule is COc1cc(C)c(C)cc1S(=O)(=O)NCCNC(=O)C1CC(=O)N(C(C)(C)C)C1. The average Bonchev–Trinajstić information content (AvgIpc) is 3.02. The van der Waals surface area contributed by atoms with E-state index in [-0.39, 0.29) is 47.5 Å². The number of nitrogens with one attached hydrogen (secondary N) is 2. The quantitative estimate of drug-likeness (QED) is 0.642. The van der Waals surface area contributed by atoms with Crippen LogP contribution in [0.4, 0.5) is 0 Å². The molecule has 0 bridgehead atoms. The van der Waals surface area contributed by atoms with Crippen molar-refractivity contribution >= 4 is 21.8 Å². The molecule has 0 aromatic heterocycles. The van der Waals surface area contributed by atoms with Gasteiger partial charge in [0.25, 0.3) is 0 Å². The van der Waals surface area contributed by atoms with E-state index in [9.17, 15) is 18.0 Å². The molecule has 9 heteroatoms. The molecule has 1 heterocycles. The van der Waals surface area contributed by atoms with E-state index in [1.165, 1.54) is 7.11 Å². The molecular formula is C20H31N3O5S. The Labute approximate surface area is 173 Å². The molecule has 2 N–H and O–H groups in total. The van der Waals surface area contributed by atoms with Gasteiger partial charge >= 0.3 is 0 Å². The van der Waals surface area contributed by atoms with Crippen LogP contribution in [0.3, 0.4) is 0 Å². The fraction of sp³-hybridized carbons (Fsp3) is 0.600. The molecule has 1 saturated heterocycles. The first-order valence-corrected chi connectivity index (χ1v) is 11.1. The molecule has 1 aliphatic heterocycles. The third-order valence-corrected chi connectivity index (χ3v) is 6.57. The van der Waals surface area contributed by atoms with Gasteiger partial charge in [0, 0.05) is 31.6 Å². The Morgan fingerprint density at radius 3 is 2.38 bits per heavy atom. The van der Waals surface area contributed by atoms with E-state index in [0.717, 1.165) is 11.1 Å². The van der Waals surface area contributed by atoms with Gasteiger partial charge in [-0.3, -0.25) is 9.59 Å². The van der Waals surface area contributed by atoms with Crippen LogP contribution in [0, 0.1) is 19.8 Å². The van der Waals surface area contributed by atoms with Gasteiger partial charge in [0.1, 0.15) is 10.6 Å². The Bertz CT molecular complexity index is 890. The Morgan fingerprint density at radius 1 is 1.21 bits per heavy atom. The van der Waals surface area contributed by atoms with Gasteiger partial charge in [0.15, 0.2) is 0 Å². The molecule has 162 valence electrons. The van der Waals surface area contributed by atoms with Gasteiger partial charge < -0.3 is 15.0 Å². The number of nitrogens with zero attached hydrogens (tertiary/aromatic N) is 1. The highest BCUT2D eigenvalue weighted by atomic mass is 32.2. The molecule has 1 fully saturated rings. The van der Waals surface area contributed by atoms with Crippen LogP contribution in [0.25, 0.3) is 0 Å². The van der Waals surface area contributed by atoms with E-state index in [2.05, 4.69) is 10.0 Å². The van der Waals surface area contributed by atoms with Gasteiger partial charge in [0.05, 0.1) is 13.0 Å². The number of carbonyl (C=O) groups excluding carboxylic acids is 2. The minimum Gasteiger partial charge on any atom is -0.495 e. The lowest BCUT2D eigenvalue weighted by Crippen LogP contribution is -2.43. The Morgan fingerprint density at radius 2 is 1.83 bits per heavy atom. The molecule has 0 aliphatic carbocycles. The molecular weight excluding hydrogens is 394 g/mol. The van der Waals surface area contributed by atoms with E-state index in [0.29, 0.717) is 6.54 Å². The second-order valence-corrected chi connectivity index (χ2v) is 10.1. The van der Waals surface area contributed by atoms with Gasteiger partial charge in [-0.1, -0.05) is 0 Å². The van der Waals surface area contributed by atoms with Crippen LogP contribution >= 0.6 is 0 Å². The minimum absolute atomic E-state index is 0.0355. The molecule has 2 rings (SSSR count). The third kappa shape index (κ3) is 5.48. The maximum atomic E-state index is 12.6. The number of ether oxygens (including phenoxy) is 1. The number of aryl methyl sites for hydroxylation is 2. The molecule has 29 heavy (non-hydrogen) atoms. The number of amides is 2. The Hall–Kier alpha value is -2.13. The zero-order valence-corrected chi connectivity index (χ0v) is 18.8. The maximum absolute atomic E-state index is 12.6. The van der Waals surface area contributed by atoms with Crippen LogP contribution in [0.15, 0.2) is 17.0 Å². The van der Waals surface area contributed by atoms with E-state index in [1.54, 1.807) is 17.0 Å². The third-order valence-electron chi connectivity index (χ3n) is 5.09. The van der Waals surface area contributed by atoms with Crippen LogP contribution in [-0.4, -0.2) is 57.4 Å². The lowest BCUT2D eigenvalue weighted by Gasteiger charge is -2.31. The minimum atomic E-state index is -3.78. The second kappa shape index (κ2) is 8.71. The summed E-state index contributed by atoms with van der Waals surface area (Å²) in [5.41, 5.74) is 1.45. The number of methoxy groups -OCH3 is 1. The molecule has 1 aliphatic rings. The zero-order valence-electron chi connectivity index (χ0n) is 18.0. The van der Waals surface area contributed by atoms with E-state index >= 15 is 0 Å². The summed E-state index contributed by atoms with van der Waals surface area (Å²) in [6, 6.07) is 3.25. The molecule has 0 saturated carbocycles. The fourth-order valence-electron chi connectivity index (χ4n) is 3.26. The molecule has 1 aromatic rings. The topological polar surface area (TPSA) is 105 Å². The zero-order chi connectivity index (χ0) is 22.0. The van der Waals surface area contributed by atoms with Crippen molar-refractivity contribution in [3.63, 3.8) is 0 Å². The van der Waals surface area contributed by atoms with Gasteiger partial charge in [0.2, 0.25) is 21.8 Å². The average molecular weight is 426 g/mol. The fourth-order valence-corrected chi connectivity index (χ4v) is 4.52. The van der Waals surface area contributed by atoms with Crippen LogP contribution in [0.5, 0.6) is 5.75 Å².